The van der Waals surface area contributed by atoms with Gasteiger partial charge in [-0.25, -0.2) is 9.78 Å². The molecule has 0 bridgehead atoms. The number of aryl methyl sites for hydroxylation is 1. The number of hydrogen-bond acceptors (Lipinski definition) is 5. The second-order valence-corrected chi connectivity index (χ2v) is 6.83. The Balaban J connectivity index is 1.85. The minimum absolute atomic E-state index is 0.218. The highest BCUT2D eigenvalue weighted by Crippen LogP contribution is 2.29. The normalized spacial score (nSPS) is 11.0. The van der Waals surface area contributed by atoms with Gasteiger partial charge in [-0.1, -0.05) is 6.07 Å². The van der Waals surface area contributed by atoms with Crippen LogP contribution in [0.2, 0.25) is 0 Å². The maximum Gasteiger partial charge on any atom is 0.341 e. The maximum absolute atomic E-state index is 12.5. The standard InChI is InChI=1S/C20H15N3O3S/c1-2-23-10-15(20(25)26)18(24)14-6-5-12(8-17(14)23)16-11-27-19(22-16)13-4-3-7-21-9-13/h3-11H,2H2,1H3,(H,25,26). The van der Waals surface area contributed by atoms with Gasteiger partial charge in [-0.05, 0) is 31.2 Å². The molecule has 4 aromatic rings. The van der Waals surface area contributed by atoms with E-state index in [2.05, 4.69) is 9.97 Å². The Morgan fingerprint density at radius 2 is 2.11 bits per heavy atom. The summed E-state index contributed by atoms with van der Waals surface area (Å²) in [6.45, 7) is 2.46. The number of thiazole rings is 1. The quantitative estimate of drug-likeness (QED) is 0.583. The smallest absolute Gasteiger partial charge is 0.341 e. The second kappa shape index (κ2) is 6.77. The molecule has 0 saturated heterocycles. The van der Waals surface area contributed by atoms with Crippen molar-refractivity contribution in [2.75, 3.05) is 0 Å². The highest BCUT2D eigenvalue weighted by atomic mass is 32.1. The number of aromatic nitrogens is 3. The minimum atomic E-state index is -1.21. The zero-order valence-corrected chi connectivity index (χ0v) is 15.2. The summed E-state index contributed by atoms with van der Waals surface area (Å²) in [5.41, 5.74) is 2.64. The molecule has 134 valence electrons. The van der Waals surface area contributed by atoms with Gasteiger partial charge in [0.1, 0.15) is 10.6 Å². The fraction of sp³-hybridized carbons (Fsp3) is 0.100. The molecule has 0 aliphatic heterocycles. The van der Waals surface area contributed by atoms with E-state index in [4.69, 9.17) is 0 Å². The van der Waals surface area contributed by atoms with E-state index in [1.165, 1.54) is 17.5 Å². The third-order valence-electron chi connectivity index (χ3n) is 4.36. The van der Waals surface area contributed by atoms with Crippen molar-refractivity contribution >= 4 is 28.2 Å². The topological polar surface area (TPSA) is 85.1 Å². The molecular formula is C20H15N3O3S. The lowest BCUT2D eigenvalue weighted by atomic mass is 10.1. The average Bonchev–Trinajstić information content (AvgIpc) is 3.19. The first-order valence-electron chi connectivity index (χ1n) is 8.35. The molecule has 0 unspecified atom stereocenters. The van der Waals surface area contributed by atoms with Gasteiger partial charge in [0.25, 0.3) is 0 Å². The Kier molecular flexibility index (Phi) is 4.29. The summed E-state index contributed by atoms with van der Waals surface area (Å²) in [6, 6.07) is 9.19. The van der Waals surface area contributed by atoms with Gasteiger partial charge in [-0.3, -0.25) is 9.78 Å². The van der Waals surface area contributed by atoms with Crippen molar-refractivity contribution in [1.29, 1.82) is 0 Å². The van der Waals surface area contributed by atoms with Crippen LogP contribution in [0, 0.1) is 0 Å². The van der Waals surface area contributed by atoms with Crippen LogP contribution in [0.4, 0.5) is 0 Å². The molecule has 0 aliphatic rings. The van der Waals surface area contributed by atoms with Crippen LogP contribution in [-0.4, -0.2) is 25.6 Å². The van der Waals surface area contributed by atoms with Gasteiger partial charge in [0.15, 0.2) is 0 Å². The molecule has 3 heterocycles. The Hall–Kier alpha value is -3.32. The molecule has 0 amide bonds. The Morgan fingerprint density at radius 1 is 1.26 bits per heavy atom. The van der Waals surface area contributed by atoms with Gasteiger partial charge in [0.2, 0.25) is 5.43 Å². The molecule has 27 heavy (non-hydrogen) atoms. The van der Waals surface area contributed by atoms with Crippen LogP contribution in [-0.2, 0) is 6.54 Å². The van der Waals surface area contributed by atoms with Crippen LogP contribution < -0.4 is 5.43 Å². The SMILES string of the molecule is CCn1cc(C(=O)O)c(=O)c2ccc(-c3csc(-c4cccnc4)n3)cc21. The lowest BCUT2D eigenvalue weighted by Crippen LogP contribution is -2.18. The van der Waals surface area contributed by atoms with E-state index in [0.29, 0.717) is 17.4 Å². The lowest BCUT2D eigenvalue weighted by Gasteiger charge is -2.11. The predicted molar refractivity (Wildman–Crippen MR) is 105 cm³/mol. The van der Waals surface area contributed by atoms with Gasteiger partial charge in [-0.2, -0.15) is 0 Å². The molecule has 4 rings (SSSR count). The summed E-state index contributed by atoms with van der Waals surface area (Å²) >= 11 is 1.52. The molecule has 1 aromatic carbocycles. The van der Waals surface area contributed by atoms with Gasteiger partial charge in [-0.15, -0.1) is 11.3 Å². The van der Waals surface area contributed by atoms with E-state index < -0.39 is 11.4 Å². The fourth-order valence-corrected chi connectivity index (χ4v) is 3.81. The molecule has 7 heteroatoms. The Labute approximate surface area is 158 Å². The molecule has 1 N–H and O–H groups in total. The van der Waals surface area contributed by atoms with Crippen molar-refractivity contribution in [2.24, 2.45) is 0 Å². The number of rotatable bonds is 4. The lowest BCUT2D eigenvalue weighted by molar-refractivity contribution is 0.0695. The molecular weight excluding hydrogens is 362 g/mol. The first-order chi connectivity index (χ1) is 13.1. The summed E-state index contributed by atoms with van der Waals surface area (Å²) in [6.07, 6.45) is 4.89. The molecule has 0 saturated carbocycles. The number of pyridine rings is 2. The van der Waals surface area contributed by atoms with Gasteiger partial charge < -0.3 is 9.67 Å². The van der Waals surface area contributed by atoms with Gasteiger partial charge >= 0.3 is 5.97 Å². The molecule has 0 atom stereocenters. The summed E-state index contributed by atoms with van der Waals surface area (Å²) in [4.78, 5) is 32.6. The van der Waals surface area contributed by atoms with Crippen LogP contribution in [0.15, 0.2) is 59.1 Å². The van der Waals surface area contributed by atoms with E-state index in [0.717, 1.165) is 21.8 Å². The monoisotopic (exact) mass is 377 g/mol. The van der Waals surface area contributed by atoms with Crippen LogP contribution in [0.1, 0.15) is 17.3 Å². The van der Waals surface area contributed by atoms with Crippen molar-refractivity contribution in [3.8, 4) is 21.8 Å². The second-order valence-electron chi connectivity index (χ2n) is 5.97. The summed E-state index contributed by atoms with van der Waals surface area (Å²) < 4.78 is 1.78. The van der Waals surface area contributed by atoms with Crippen molar-refractivity contribution < 1.29 is 9.90 Å². The van der Waals surface area contributed by atoms with E-state index in [-0.39, 0.29) is 5.56 Å². The van der Waals surface area contributed by atoms with E-state index in [1.54, 1.807) is 29.1 Å². The molecule has 0 fully saturated rings. The summed E-state index contributed by atoms with van der Waals surface area (Å²) in [5, 5.41) is 12.5. The summed E-state index contributed by atoms with van der Waals surface area (Å²) in [7, 11) is 0. The highest BCUT2D eigenvalue weighted by molar-refractivity contribution is 7.13. The Morgan fingerprint density at radius 3 is 2.81 bits per heavy atom. The highest BCUT2D eigenvalue weighted by Gasteiger charge is 2.15. The molecule has 3 aromatic heterocycles. The number of benzene rings is 1. The Bertz CT molecular complexity index is 1210. The number of hydrogen-bond donors (Lipinski definition) is 1. The van der Waals surface area contributed by atoms with E-state index in [1.807, 2.05) is 30.5 Å². The van der Waals surface area contributed by atoms with E-state index >= 15 is 0 Å². The first kappa shape index (κ1) is 17.1. The minimum Gasteiger partial charge on any atom is -0.477 e. The van der Waals surface area contributed by atoms with Crippen LogP contribution in [0.3, 0.4) is 0 Å². The van der Waals surface area contributed by atoms with Crippen molar-refractivity contribution in [3.63, 3.8) is 0 Å². The van der Waals surface area contributed by atoms with Crippen molar-refractivity contribution in [1.82, 2.24) is 14.5 Å². The van der Waals surface area contributed by atoms with Crippen LogP contribution in [0.5, 0.6) is 0 Å². The number of aromatic carboxylic acids is 1. The number of nitrogens with zero attached hydrogens (tertiary/aromatic N) is 3. The van der Waals surface area contributed by atoms with Gasteiger partial charge in [0, 0.05) is 47.0 Å². The van der Waals surface area contributed by atoms with Crippen molar-refractivity contribution in [2.45, 2.75) is 13.5 Å². The third-order valence-corrected chi connectivity index (χ3v) is 5.25. The van der Waals surface area contributed by atoms with Crippen molar-refractivity contribution in [3.05, 3.63) is 70.1 Å². The summed E-state index contributed by atoms with van der Waals surface area (Å²) in [5.74, 6) is -1.21. The first-order valence-corrected chi connectivity index (χ1v) is 9.23. The fourth-order valence-electron chi connectivity index (χ4n) is 2.99. The van der Waals surface area contributed by atoms with Gasteiger partial charge in [0.05, 0.1) is 11.2 Å². The number of carboxylic acids is 1. The zero-order valence-electron chi connectivity index (χ0n) is 14.4. The number of carbonyl (C=O) groups is 1. The molecule has 0 aliphatic carbocycles. The average molecular weight is 377 g/mol. The number of fused-ring (bicyclic) bond motifs is 1. The largest absolute Gasteiger partial charge is 0.477 e. The zero-order chi connectivity index (χ0) is 19.0. The molecule has 0 radical (unpaired) electrons. The number of carboxylic acid groups (broad SMARTS) is 1. The van der Waals surface area contributed by atoms with Crippen LogP contribution in [0.25, 0.3) is 32.7 Å². The van der Waals surface area contributed by atoms with Crippen LogP contribution >= 0.6 is 11.3 Å². The molecule has 6 nitrogen and oxygen atoms in total. The van der Waals surface area contributed by atoms with E-state index in [9.17, 15) is 14.7 Å². The molecule has 0 spiro atoms. The predicted octanol–water partition coefficient (Wildman–Crippen LogP) is 3.91. The maximum atomic E-state index is 12.5. The third kappa shape index (κ3) is 3.02.